The number of benzene rings is 1. The van der Waals surface area contributed by atoms with E-state index in [1.54, 1.807) is 53.1 Å². The maximum absolute atomic E-state index is 14.2. The zero-order valence-corrected chi connectivity index (χ0v) is 32.2. The van der Waals surface area contributed by atoms with Gasteiger partial charge >= 0.3 is 6.09 Å². The highest BCUT2D eigenvalue weighted by atomic mass is 79.9. The molecule has 0 radical (unpaired) electrons. The summed E-state index contributed by atoms with van der Waals surface area (Å²) in [7, 11) is 3.14. The number of hydrogen-bond donors (Lipinski definition) is 3. The number of carbonyl (C=O) groups is 5. The third-order valence-corrected chi connectivity index (χ3v) is 9.64. The molecule has 3 rings (SSSR count). The van der Waals surface area contributed by atoms with Gasteiger partial charge in [0.05, 0.1) is 0 Å². The van der Waals surface area contributed by atoms with Crippen LogP contribution in [-0.4, -0.2) is 89.9 Å². The summed E-state index contributed by atoms with van der Waals surface area (Å²) in [6.45, 7) is 9.58. The Morgan fingerprint density at radius 3 is 2.41 bits per heavy atom. The summed E-state index contributed by atoms with van der Waals surface area (Å²) in [6, 6.07) is 1.71. The number of carbonyl (C=O) groups excluding carboxylic acids is 5. The molecule has 1 aromatic rings. The van der Waals surface area contributed by atoms with Crippen LogP contribution in [0.5, 0.6) is 0 Å². The van der Waals surface area contributed by atoms with E-state index in [9.17, 15) is 24.0 Å². The molecular weight excluding hydrogens is 714 g/mol. The first-order valence-electron chi connectivity index (χ1n) is 17.2. The van der Waals surface area contributed by atoms with Crippen LogP contribution in [0.15, 0.2) is 34.8 Å². The van der Waals surface area contributed by atoms with Gasteiger partial charge in [0.25, 0.3) is 0 Å². The predicted molar refractivity (Wildman–Crippen MR) is 194 cm³/mol. The standard InChI is InChI=1S/C36H53BrClN5O6/c1-22(2)19-27-33(46)43(7)29(21-24-20-25(38)16-17-26(24)37)31(44)39-18-12-10-8-9-11-13-28(32(45)40-27)42(6)34(47)30(23-14-15-23)41-35(48)49-36(3,4)5/h8-9,16-17,20,22-23,27-30H,10-15,18-19,21H2,1-7H3,(H,39,44)(H,40,45)(H,41,48)/b9-8+/t27-,28-,29-,30-/m0/s1. The average molecular weight is 767 g/mol. The Balaban J connectivity index is 1.93. The quantitative estimate of drug-likeness (QED) is 0.304. The molecule has 49 heavy (non-hydrogen) atoms. The number of ether oxygens (including phenoxy) is 1. The van der Waals surface area contributed by atoms with Crippen LogP contribution in [0.4, 0.5) is 4.79 Å². The zero-order valence-electron chi connectivity index (χ0n) is 29.8. The molecule has 1 heterocycles. The second-order valence-corrected chi connectivity index (χ2v) is 15.8. The molecule has 1 aromatic carbocycles. The van der Waals surface area contributed by atoms with Crippen molar-refractivity contribution in [3.63, 3.8) is 0 Å². The summed E-state index contributed by atoms with van der Waals surface area (Å²) in [4.78, 5) is 71.3. The van der Waals surface area contributed by atoms with Crippen LogP contribution in [0.3, 0.4) is 0 Å². The summed E-state index contributed by atoms with van der Waals surface area (Å²) < 4.78 is 6.19. The van der Waals surface area contributed by atoms with Crippen LogP contribution in [-0.2, 0) is 30.3 Å². The number of rotatable bonds is 8. The van der Waals surface area contributed by atoms with E-state index < -0.39 is 47.7 Å². The van der Waals surface area contributed by atoms with Crippen molar-refractivity contribution in [2.24, 2.45) is 11.8 Å². The Morgan fingerprint density at radius 1 is 1.10 bits per heavy atom. The number of halogens is 2. The Bertz CT molecular complexity index is 1380. The van der Waals surface area contributed by atoms with E-state index in [1.165, 1.54) is 9.80 Å². The van der Waals surface area contributed by atoms with Gasteiger partial charge in [-0.25, -0.2) is 4.79 Å². The van der Waals surface area contributed by atoms with Gasteiger partial charge in [0, 0.05) is 36.6 Å². The number of likely N-dealkylation sites (N-methyl/N-ethyl adjacent to an activating group) is 2. The molecule has 4 atom stereocenters. The first-order valence-corrected chi connectivity index (χ1v) is 18.4. The van der Waals surface area contributed by atoms with Crippen molar-refractivity contribution in [2.75, 3.05) is 20.6 Å². The average Bonchev–Trinajstić information content (AvgIpc) is 3.85. The van der Waals surface area contributed by atoms with Gasteiger partial charge in [0.1, 0.15) is 29.8 Å². The van der Waals surface area contributed by atoms with E-state index >= 15 is 0 Å². The minimum absolute atomic E-state index is 0.0283. The molecule has 1 aliphatic heterocycles. The summed E-state index contributed by atoms with van der Waals surface area (Å²) in [5.74, 6) is -1.61. The van der Waals surface area contributed by atoms with Crippen molar-refractivity contribution in [3.05, 3.63) is 45.4 Å². The topological polar surface area (TPSA) is 137 Å². The molecular formula is C36H53BrClN5O6. The Kier molecular flexibility index (Phi) is 15.0. The fourth-order valence-electron chi connectivity index (χ4n) is 5.83. The number of nitrogens with zero attached hydrogens (tertiary/aromatic N) is 2. The lowest BCUT2D eigenvalue weighted by Crippen LogP contribution is -2.59. The van der Waals surface area contributed by atoms with Crippen LogP contribution in [0.2, 0.25) is 5.02 Å². The van der Waals surface area contributed by atoms with Crippen LogP contribution in [0.1, 0.15) is 85.1 Å². The van der Waals surface area contributed by atoms with E-state index in [-0.39, 0.29) is 30.1 Å². The molecule has 11 nitrogen and oxygen atoms in total. The second-order valence-electron chi connectivity index (χ2n) is 14.5. The van der Waals surface area contributed by atoms with Crippen molar-refractivity contribution in [3.8, 4) is 0 Å². The van der Waals surface area contributed by atoms with Crippen LogP contribution in [0, 0.1) is 11.8 Å². The predicted octanol–water partition coefficient (Wildman–Crippen LogP) is 5.38. The van der Waals surface area contributed by atoms with E-state index in [1.807, 2.05) is 26.0 Å². The summed E-state index contributed by atoms with van der Waals surface area (Å²) in [6.07, 6.45) is 7.56. The highest BCUT2D eigenvalue weighted by Gasteiger charge is 2.42. The second kappa shape index (κ2) is 18.2. The Labute approximate surface area is 304 Å². The fourth-order valence-corrected chi connectivity index (χ4v) is 6.43. The number of nitrogens with one attached hydrogen (secondary N) is 3. The minimum atomic E-state index is -0.954. The lowest BCUT2D eigenvalue weighted by molar-refractivity contribution is -0.145. The van der Waals surface area contributed by atoms with Crippen molar-refractivity contribution in [1.29, 1.82) is 0 Å². The summed E-state index contributed by atoms with van der Waals surface area (Å²) >= 11 is 9.83. The Morgan fingerprint density at radius 2 is 1.78 bits per heavy atom. The molecule has 3 N–H and O–H groups in total. The molecule has 2 aliphatic rings. The van der Waals surface area contributed by atoms with Crippen molar-refractivity contribution in [1.82, 2.24) is 25.8 Å². The molecule has 1 aliphatic carbocycles. The number of amides is 5. The van der Waals surface area contributed by atoms with Gasteiger partial charge < -0.3 is 30.5 Å². The normalized spacial score (nSPS) is 22.9. The number of allylic oxidation sites excluding steroid dienone is 2. The number of alkyl carbamates (subject to hydrolysis) is 1. The largest absolute Gasteiger partial charge is 0.444 e. The van der Waals surface area contributed by atoms with Crippen molar-refractivity contribution >= 4 is 57.3 Å². The minimum Gasteiger partial charge on any atom is -0.444 e. The van der Waals surface area contributed by atoms with Crippen LogP contribution >= 0.6 is 27.5 Å². The molecule has 0 aromatic heterocycles. The molecule has 13 heteroatoms. The fraction of sp³-hybridized carbons (Fsp3) is 0.639. The monoisotopic (exact) mass is 765 g/mol. The third kappa shape index (κ3) is 12.6. The summed E-state index contributed by atoms with van der Waals surface area (Å²) in [5.41, 5.74) is 0.0251. The SMILES string of the molecule is CC(C)C[C@@H]1NC(=O)[C@@H](N(C)C(=O)[C@@H](NC(=O)OC(C)(C)C)C2CC2)CC/C=C/CCCNC(=O)[C@H](Cc2cc(Cl)ccc2Br)N(C)C1=O. The lowest BCUT2D eigenvalue weighted by Gasteiger charge is -2.34. The number of hydrogen-bond acceptors (Lipinski definition) is 6. The van der Waals surface area contributed by atoms with Gasteiger partial charge in [-0.3, -0.25) is 19.2 Å². The van der Waals surface area contributed by atoms with Gasteiger partial charge in [-0.05, 0) is 101 Å². The van der Waals surface area contributed by atoms with Crippen LogP contribution < -0.4 is 16.0 Å². The first-order chi connectivity index (χ1) is 23.0. The molecule has 272 valence electrons. The van der Waals surface area contributed by atoms with Gasteiger partial charge in [-0.15, -0.1) is 0 Å². The highest BCUT2D eigenvalue weighted by molar-refractivity contribution is 9.10. The van der Waals surface area contributed by atoms with Gasteiger partial charge in [-0.1, -0.05) is 53.5 Å². The first kappa shape index (κ1) is 40.3. The summed E-state index contributed by atoms with van der Waals surface area (Å²) in [5, 5.41) is 9.18. The van der Waals surface area contributed by atoms with Crippen molar-refractivity contribution in [2.45, 2.75) is 116 Å². The third-order valence-electron chi connectivity index (χ3n) is 8.63. The van der Waals surface area contributed by atoms with E-state index in [2.05, 4.69) is 31.9 Å². The maximum atomic E-state index is 14.2. The van der Waals surface area contributed by atoms with E-state index in [0.29, 0.717) is 43.7 Å². The van der Waals surface area contributed by atoms with Gasteiger partial charge in [0.15, 0.2) is 0 Å². The van der Waals surface area contributed by atoms with Crippen LogP contribution in [0.25, 0.3) is 0 Å². The smallest absolute Gasteiger partial charge is 0.408 e. The van der Waals surface area contributed by atoms with Gasteiger partial charge in [0.2, 0.25) is 23.6 Å². The lowest BCUT2D eigenvalue weighted by atomic mass is 9.98. The molecule has 0 spiro atoms. The highest BCUT2D eigenvalue weighted by Crippen LogP contribution is 2.34. The molecule has 0 unspecified atom stereocenters. The molecule has 5 amide bonds. The maximum Gasteiger partial charge on any atom is 0.408 e. The Hall–Kier alpha value is -3.12. The zero-order chi connectivity index (χ0) is 36.5. The molecule has 0 bridgehead atoms. The van der Waals surface area contributed by atoms with Gasteiger partial charge in [-0.2, -0.15) is 0 Å². The molecule has 0 saturated heterocycles. The van der Waals surface area contributed by atoms with Crippen molar-refractivity contribution < 1.29 is 28.7 Å². The molecule has 1 fully saturated rings. The van der Waals surface area contributed by atoms with E-state index in [4.69, 9.17) is 16.3 Å². The van der Waals surface area contributed by atoms with E-state index in [0.717, 1.165) is 22.9 Å². The molecule has 1 saturated carbocycles.